The number of amides is 2. The van der Waals surface area contributed by atoms with Crippen molar-refractivity contribution < 1.29 is 28.4 Å². The van der Waals surface area contributed by atoms with Crippen molar-refractivity contribution in [2.45, 2.75) is 26.8 Å². The van der Waals surface area contributed by atoms with Crippen LogP contribution in [0, 0.1) is 24.0 Å². The highest BCUT2D eigenvalue weighted by atomic mass is 16.6. The minimum atomic E-state index is -0.891. The summed E-state index contributed by atoms with van der Waals surface area (Å²) in [5.41, 5.74) is 0.711. The highest BCUT2D eigenvalue weighted by molar-refractivity contribution is 5.95. The summed E-state index contributed by atoms with van der Waals surface area (Å²) in [6.07, 6.45) is 0. The first-order valence-corrected chi connectivity index (χ1v) is 9.22. The molecule has 1 aromatic heterocycles. The molecule has 1 unspecified atom stereocenters. The van der Waals surface area contributed by atoms with E-state index in [-0.39, 0.29) is 35.9 Å². The van der Waals surface area contributed by atoms with Gasteiger partial charge in [-0.05, 0) is 44.5 Å². The lowest BCUT2D eigenvalue weighted by Gasteiger charge is -2.27. The van der Waals surface area contributed by atoms with Crippen LogP contribution in [0.4, 0.5) is 10.5 Å². The standard InChI is InChI=1S/C20H21N3O7/c1-4-28-19(24)17-13(10-29-15-7-5-11(2)9-14(15)23(26)27)21-20(25)22-18(17)16-8-6-12(3)30-16/h5-9,18H,4,10H2,1-3H3,(H2,21,22,25). The Morgan fingerprint density at radius 2 is 2.03 bits per heavy atom. The second kappa shape index (κ2) is 8.68. The summed E-state index contributed by atoms with van der Waals surface area (Å²) >= 11 is 0. The number of rotatable bonds is 7. The highest BCUT2D eigenvalue weighted by Gasteiger charge is 2.36. The molecule has 0 spiro atoms. The molecule has 0 bridgehead atoms. The Morgan fingerprint density at radius 3 is 2.67 bits per heavy atom. The number of ether oxygens (including phenoxy) is 2. The van der Waals surface area contributed by atoms with E-state index in [0.29, 0.717) is 17.1 Å². The van der Waals surface area contributed by atoms with Crippen molar-refractivity contribution in [3.8, 4) is 5.75 Å². The van der Waals surface area contributed by atoms with Crippen molar-refractivity contribution in [2.24, 2.45) is 0 Å². The third-order valence-corrected chi connectivity index (χ3v) is 4.38. The van der Waals surface area contributed by atoms with E-state index in [1.54, 1.807) is 39.0 Å². The number of hydrogen-bond donors (Lipinski definition) is 2. The van der Waals surface area contributed by atoms with E-state index in [1.807, 2.05) is 0 Å². The van der Waals surface area contributed by atoms with Crippen LogP contribution < -0.4 is 15.4 Å². The maximum atomic E-state index is 12.7. The molecule has 10 nitrogen and oxygen atoms in total. The van der Waals surface area contributed by atoms with Gasteiger partial charge in [0.1, 0.15) is 24.2 Å². The molecule has 0 radical (unpaired) electrons. The molecule has 2 N–H and O–H groups in total. The minimum Gasteiger partial charge on any atom is -0.480 e. The molecular formula is C20H21N3O7. The molecule has 2 heterocycles. The van der Waals surface area contributed by atoms with Crippen molar-refractivity contribution in [1.82, 2.24) is 10.6 Å². The van der Waals surface area contributed by atoms with Gasteiger partial charge in [0.25, 0.3) is 0 Å². The SMILES string of the molecule is CCOC(=O)C1=C(COc2ccc(C)cc2[N+](=O)[O-])NC(=O)NC1c1ccc(C)o1. The molecule has 1 aliphatic heterocycles. The third-order valence-electron chi connectivity index (χ3n) is 4.38. The molecule has 2 amide bonds. The molecule has 3 rings (SSSR count). The molecule has 10 heteroatoms. The molecule has 1 aromatic carbocycles. The van der Waals surface area contributed by atoms with Gasteiger partial charge >= 0.3 is 17.7 Å². The fourth-order valence-electron chi connectivity index (χ4n) is 3.05. The van der Waals surface area contributed by atoms with Gasteiger partial charge < -0.3 is 24.5 Å². The zero-order chi connectivity index (χ0) is 21.8. The summed E-state index contributed by atoms with van der Waals surface area (Å²) in [6.45, 7) is 4.95. The normalized spacial score (nSPS) is 16.0. The monoisotopic (exact) mass is 415 g/mol. The van der Waals surface area contributed by atoms with Crippen LogP contribution >= 0.6 is 0 Å². The first-order chi connectivity index (χ1) is 14.3. The number of carbonyl (C=O) groups excluding carboxylic acids is 2. The molecule has 0 saturated carbocycles. The van der Waals surface area contributed by atoms with Gasteiger partial charge in [-0.15, -0.1) is 0 Å². The van der Waals surface area contributed by atoms with Crippen LogP contribution in [0.3, 0.4) is 0 Å². The predicted molar refractivity (Wildman–Crippen MR) is 105 cm³/mol. The fourth-order valence-corrected chi connectivity index (χ4v) is 3.05. The van der Waals surface area contributed by atoms with Gasteiger partial charge in [-0.3, -0.25) is 10.1 Å². The second-order valence-electron chi connectivity index (χ2n) is 6.61. The Kier molecular flexibility index (Phi) is 6.05. The van der Waals surface area contributed by atoms with E-state index >= 15 is 0 Å². The second-order valence-corrected chi connectivity index (χ2v) is 6.61. The third kappa shape index (κ3) is 4.43. The Morgan fingerprint density at radius 1 is 1.27 bits per heavy atom. The van der Waals surface area contributed by atoms with Crippen LogP contribution in [0.2, 0.25) is 0 Å². The first-order valence-electron chi connectivity index (χ1n) is 9.22. The van der Waals surface area contributed by atoms with E-state index in [2.05, 4.69) is 10.6 Å². The van der Waals surface area contributed by atoms with Gasteiger partial charge in [-0.2, -0.15) is 0 Å². The van der Waals surface area contributed by atoms with Gasteiger partial charge in [0, 0.05) is 6.07 Å². The number of benzene rings is 1. The smallest absolute Gasteiger partial charge is 0.338 e. The van der Waals surface area contributed by atoms with E-state index in [9.17, 15) is 19.7 Å². The lowest BCUT2D eigenvalue weighted by atomic mass is 10.0. The number of nitro benzene ring substituents is 1. The minimum absolute atomic E-state index is 0.0134. The Hall–Kier alpha value is -3.82. The number of nitrogens with zero attached hydrogens (tertiary/aromatic N) is 1. The van der Waals surface area contributed by atoms with Gasteiger partial charge in [0.15, 0.2) is 5.75 Å². The van der Waals surface area contributed by atoms with Gasteiger partial charge in [0.05, 0.1) is 22.8 Å². The number of nitrogens with one attached hydrogen (secondary N) is 2. The maximum absolute atomic E-state index is 12.7. The average Bonchev–Trinajstić information content (AvgIpc) is 3.12. The molecule has 0 saturated heterocycles. The molecule has 30 heavy (non-hydrogen) atoms. The summed E-state index contributed by atoms with van der Waals surface area (Å²) in [5, 5.41) is 16.5. The summed E-state index contributed by atoms with van der Waals surface area (Å²) in [7, 11) is 0. The average molecular weight is 415 g/mol. The van der Waals surface area contributed by atoms with E-state index in [4.69, 9.17) is 13.9 Å². The maximum Gasteiger partial charge on any atom is 0.338 e. The van der Waals surface area contributed by atoms with E-state index in [1.165, 1.54) is 12.1 Å². The molecule has 2 aromatic rings. The van der Waals surface area contributed by atoms with Crippen molar-refractivity contribution >= 4 is 17.7 Å². The summed E-state index contributed by atoms with van der Waals surface area (Å²) < 4.78 is 16.3. The molecule has 0 aliphatic carbocycles. The zero-order valence-corrected chi connectivity index (χ0v) is 16.7. The van der Waals surface area contributed by atoms with Crippen molar-refractivity contribution in [3.05, 3.63) is 68.8 Å². The summed E-state index contributed by atoms with van der Waals surface area (Å²) in [4.78, 5) is 35.6. The van der Waals surface area contributed by atoms with Crippen molar-refractivity contribution in [1.29, 1.82) is 0 Å². The number of esters is 1. The van der Waals surface area contributed by atoms with E-state index < -0.39 is 23.0 Å². The topological polar surface area (TPSA) is 133 Å². The van der Waals surface area contributed by atoms with E-state index in [0.717, 1.165) is 0 Å². The lowest BCUT2D eigenvalue weighted by Crippen LogP contribution is -2.47. The number of nitro groups is 1. The molecule has 1 atom stereocenters. The molecular weight excluding hydrogens is 394 g/mol. The Bertz CT molecular complexity index is 1030. The highest BCUT2D eigenvalue weighted by Crippen LogP contribution is 2.31. The predicted octanol–water partition coefficient (Wildman–Crippen LogP) is 3.05. The van der Waals surface area contributed by atoms with Gasteiger partial charge in [-0.25, -0.2) is 9.59 Å². The van der Waals surface area contributed by atoms with Crippen LogP contribution in [0.25, 0.3) is 0 Å². The number of hydrogen-bond acceptors (Lipinski definition) is 7. The van der Waals surface area contributed by atoms with Crippen LogP contribution in [0.1, 0.15) is 30.0 Å². The Labute approximate surface area is 172 Å². The first kappa shape index (κ1) is 20.9. The van der Waals surface area contributed by atoms with Crippen LogP contribution in [0.5, 0.6) is 5.75 Å². The summed E-state index contributed by atoms with van der Waals surface area (Å²) in [6, 6.07) is 6.40. The Balaban J connectivity index is 1.98. The zero-order valence-electron chi connectivity index (χ0n) is 16.7. The van der Waals surface area contributed by atoms with Gasteiger partial charge in [-0.1, -0.05) is 6.07 Å². The summed E-state index contributed by atoms with van der Waals surface area (Å²) in [5.74, 6) is 0.304. The number of aryl methyl sites for hydroxylation is 2. The van der Waals surface area contributed by atoms with Crippen LogP contribution in [0.15, 0.2) is 46.0 Å². The largest absolute Gasteiger partial charge is 0.480 e. The number of urea groups is 1. The number of carbonyl (C=O) groups is 2. The quantitative estimate of drug-likeness (QED) is 0.403. The van der Waals surface area contributed by atoms with Crippen molar-refractivity contribution in [2.75, 3.05) is 13.2 Å². The van der Waals surface area contributed by atoms with Crippen LogP contribution in [-0.4, -0.2) is 30.1 Å². The fraction of sp³-hybridized carbons (Fsp3) is 0.300. The lowest BCUT2D eigenvalue weighted by molar-refractivity contribution is -0.385. The van der Waals surface area contributed by atoms with Gasteiger partial charge in [0.2, 0.25) is 0 Å². The number of furan rings is 1. The molecule has 1 aliphatic rings. The molecule has 158 valence electrons. The van der Waals surface area contributed by atoms with Crippen molar-refractivity contribution in [3.63, 3.8) is 0 Å². The molecule has 0 fully saturated rings. The van der Waals surface area contributed by atoms with Crippen LogP contribution in [-0.2, 0) is 9.53 Å².